The fraction of sp³-hybridized carbons (Fsp3) is 0.444. The average Bonchev–Trinajstić information content (AvgIpc) is 3.08. The molecule has 0 spiro atoms. The molecular weight excluding hydrogens is 340 g/mol. The van der Waals surface area contributed by atoms with Gasteiger partial charge in [-0.1, -0.05) is 0 Å². The summed E-state index contributed by atoms with van der Waals surface area (Å²) in [6.45, 7) is 2.24. The first-order valence-electron chi connectivity index (χ1n) is 8.37. The number of hydrogen-bond acceptors (Lipinski definition) is 6. The zero-order valence-electron chi connectivity index (χ0n) is 14.7. The molecule has 140 valence electrons. The molecule has 2 aliphatic rings. The molecule has 0 aromatic carbocycles. The van der Waals surface area contributed by atoms with Crippen molar-refractivity contribution in [2.45, 2.75) is 39.0 Å². The van der Waals surface area contributed by atoms with Crippen molar-refractivity contribution in [2.75, 3.05) is 13.1 Å². The third-order valence-electron chi connectivity index (χ3n) is 3.67. The number of ketones is 1. The van der Waals surface area contributed by atoms with E-state index in [2.05, 4.69) is 0 Å². The number of unbranched alkanes of at least 4 members (excludes halogenated alkanes) is 2. The number of carbonyl (C=O) groups is 6. The molecule has 0 aliphatic carbocycles. The number of amides is 4. The van der Waals surface area contributed by atoms with Crippen molar-refractivity contribution in [1.82, 2.24) is 9.80 Å². The Morgan fingerprint density at radius 3 is 1.62 bits per heavy atom. The molecule has 2 rings (SSSR count). The fourth-order valence-corrected chi connectivity index (χ4v) is 2.29. The van der Waals surface area contributed by atoms with Gasteiger partial charge in [0.1, 0.15) is 12.1 Å². The third kappa shape index (κ3) is 6.92. The molecule has 0 unspecified atom stereocenters. The number of aldehydes is 1. The summed E-state index contributed by atoms with van der Waals surface area (Å²) in [5, 5.41) is 0. The van der Waals surface area contributed by atoms with Gasteiger partial charge in [0.2, 0.25) is 0 Å². The fourth-order valence-electron chi connectivity index (χ4n) is 2.29. The van der Waals surface area contributed by atoms with E-state index in [1.165, 1.54) is 36.1 Å². The summed E-state index contributed by atoms with van der Waals surface area (Å²) in [6.07, 6.45) is 8.73. The number of carbonyl (C=O) groups excluding carboxylic acids is 6. The van der Waals surface area contributed by atoms with Crippen LogP contribution in [0.15, 0.2) is 24.3 Å². The summed E-state index contributed by atoms with van der Waals surface area (Å²) in [7, 11) is 0. The van der Waals surface area contributed by atoms with E-state index in [1.807, 2.05) is 0 Å². The molecule has 0 saturated carbocycles. The lowest BCUT2D eigenvalue weighted by atomic mass is 10.2. The third-order valence-corrected chi connectivity index (χ3v) is 3.67. The molecule has 4 amide bonds. The minimum atomic E-state index is -0.284. The molecule has 0 aromatic rings. The normalized spacial score (nSPS) is 15.6. The zero-order valence-corrected chi connectivity index (χ0v) is 14.7. The Morgan fingerprint density at radius 1 is 0.808 bits per heavy atom. The lowest BCUT2D eigenvalue weighted by molar-refractivity contribution is -0.138. The van der Waals surface area contributed by atoms with E-state index in [4.69, 9.17) is 0 Å². The lowest BCUT2D eigenvalue weighted by Gasteiger charge is -2.12. The van der Waals surface area contributed by atoms with E-state index in [0.29, 0.717) is 38.8 Å². The minimum Gasteiger partial charge on any atom is -0.303 e. The minimum absolute atomic E-state index is 0.0760. The predicted molar refractivity (Wildman–Crippen MR) is 91.6 cm³/mol. The topological polar surface area (TPSA) is 109 Å². The van der Waals surface area contributed by atoms with Crippen LogP contribution in [0.1, 0.15) is 39.0 Å². The summed E-state index contributed by atoms with van der Waals surface area (Å²) in [6, 6.07) is 0. The first-order valence-corrected chi connectivity index (χ1v) is 8.37. The van der Waals surface area contributed by atoms with Crippen LogP contribution in [0, 0.1) is 0 Å². The molecule has 0 saturated heterocycles. The van der Waals surface area contributed by atoms with Gasteiger partial charge in [0.25, 0.3) is 23.6 Å². The largest absolute Gasteiger partial charge is 0.303 e. The molecule has 26 heavy (non-hydrogen) atoms. The Morgan fingerprint density at radius 2 is 1.23 bits per heavy atom. The van der Waals surface area contributed by atoms with Crippen LogP contribution in [0.2, 0.25) is 0 Å². The van der Waals surface area contributed by atoms with E-state index >= 15 is 0 Å². The van der Waals surface area contributed by atoms with Crippen LogP contribution in [0.3, 0.4) is 0 Å². The number of nitrogens with zero attached hydrogens (tertiary/aromatic N) is 2. The van der Waals surface area contributed by atoms with Gasteiger partial charge in [-0.3, -0.25) is 29.0 Å². The molecule has 2 heterocycles. The van der Waals surface area contributed by atoms with E-state index in [0.717, 1.165) is 17.6 Å². The number of hydrogen-bond donors (Lipinski definition) is 0. The molecule has 0 N–H and O–H groups in total. The highest BCUT2D eigenvalue weighted by Gasteiger charge is 2.22. The van der Waals surface area contributed by atoms with Crippen LogP contribution < -0.4 is 0 Å². The van der Waals surface area contributed by atoms with Gasteiger partial charge in [-0.15, -0.1) is 0 Å². The monoisotopic (exact) mass is 362 g/mol. The highest BCUT2D eigenvalue weighted by atomic mass is 16.2. The Balaban J connectivity index is 0.000000260. The second-order valence-corrected chi connectivity index (χ2v) is 5.79. The van der Waals surface area contributed by atoms with E-state index in [9.17, 15) is 28.8 Å². The second kappa shape index (κ2) is 10.9. The van der Waals surface area contributed by atoms with Crippen molar-refractivity contribution in [1.29, 1.82) is 0 Å². The molecular formula is C18H22N2O6. The average molecular weight is 362 g/mol. The smallest absolute Gasteiger partial charge is 0.253 e. The summed E-state index contributed by atoms with van der Waals surface area (Å²) in [5.74, 6) is -0.999. The van der Waals surface area contributed by atoms with Crippen LogP contribution in [-0.2, 0) is 28.8 Å². The van der Waals surface area contributed by atoms with Crippen LogP contribution in [0.25, 0.3) is 0 Å². The van der Waals surface area contributed by atoms with Crippen molar-refractivity contribution in [2.24, 2.45) is 0 Å². The van der Waals surface area contributed by atoms with Crippen LogP contribution in [0.5, 0.6) is 0 Å². The number of rotatable bonds is 9. The van der Waals surface area contributed by atoms with Gasteiger partial charge < -0.3 is 9.59 Å². The first kappa shape index (κ1) is 21.1. The van der Waals surface area contributed by atoms with Crippen molar-refractivity contribution >= 4 is 35.7 Å². The van der Waals surface area contributed by atoms with Crippen molar-refractivity contribution < 1.29 is 28.8 Å². The van der Waals surface area contributed by atoms with Gasteiger partial charge in [-0.05, 0) is 26.2 Å². The summed E-state index contributed by atoms with van der Waals surface area (Å²) < 4.78 is 0. The number of imide groups is 2. The standard InChI is InChI=1S/2C9H11NO3/c1-7(11)3-2-6-10-8(12)4-5-9(10)13;11-7-3-1-2-6-10-8(12)4-5-9(10)13/h4-5H,2-3,6H2,1H3;4-5,7H,1-3,6H2. The van der Waals surface area contributed by atoms with Crippen molar-refractivity contribution in [3.05, 3.63) is 24.3 Å². The van der Waals surface area contributed by atoms with E-state index in [1.54, 1.807) is 0 Å². The van der Waals surface area contributed by atoms with Crippen molar-refractivity contribution in [3.8, 4) is 0 Å². The van der Waals surface area contributed by atoms with Crippen LogP contribution in [-0.4, -0.2) is 58.6 Å². The Hall–Kier alpha value is -2.90. The van der Waals surface area contributed by atoms with Gasteiger partial charge in [0, 0.05) is 50.2 Å². The Bertz CT molecular complexity index is 614. The molecule has 0 radical (unpaired) electrons. The molecule has 0 fully saturated rings. The first-order chi connectivity index (χ1) is 12.4. The molecule has 0 bridgehead atoms. The molecule has 2 aliphatic heterocycles. The maximum atomic E-state index is 11.0. The predicted octanol–water partition coefficient (Wildman–Crippen LogP) is 0.561. The van der Waals surface area contributed by atoms with Gasteiger partial charge in [-0.25, -0.2) is 0 Å². The van der Waals surface area contributed by atoms with Crippen molar-refractivity contribution in [3.63, 3.8) is 0 Å². The summed E-state index contributed by atoms with van der Waals surface area (Å²) in [4.78, 5) is 66.9. The molecule has 8 heteroatoms. The quantitative estimate of drug-likeness (QED) is 0.337. The van der Waals surface area contributed by atoms with Gasteiger partial charge in [0.05, 0.1) is 0 Å². The Labute approximate surface area is 151 Å². The molecule has 0 aromatic heterocycles. The van der Waals surface area contributed by atoms with Crippen LogP contribution in [0.4, 0.5) is 0 Å². The van der Waals surface area contributed by atoms with Crippen LogP contribution >= 0.6 is 0 Å². The van der Waals surface area contributed by atoms with E-state index < -0.39 is 0 Å². The van der Waals surface area contributed by atoms with Gasteiger partial charge in [-0.2, -0.15) is 0 Å². The summed E-state index contributed by atoms with van der Waals surface area (Å²) >= 11 is 0. The van der Waals surface area contributed by atoms with E-state index in [-0.39, 0.29) is 29.4 Å². The van der Waals surface area contributed by atoms with Gasteiger partial charge in [0.15, 0.2) is 0 Å². The lowest BCUT2D eigenvalue weighted by Crippen LogP contribution is -2.31. The Kier molecular flexibility index (Phi) is 8.83. The summed E-state index contributed by atoms with van der Waals surface area (Å²) in [5.41, 5.74) is 0. The SMILES string of the molecule is CC(=O)CCCN1C(=O)C=CC1=O.O=CCCCCN1C(=O)C=CC1=O. The maximum Gasteiger partial charge on any atom is 0.253 e. The number of Topliss-reactive ketones (excluding diaryl/α,β-unsaturated/α-hetero) is 1. The maximum absolute atomic E-state index is 11.0. The molecule has 8 nitrogen and oxygen atoms in total. The molecule has 0 atom stereocenters. The zero-order chi connectivity index (χ0) is 19.5. The van der Waals surface area contributed by atoms with Gasteiger partial charge >= 0.3 is 0 Å². The second-order valence-electron chi connectivity index (χ2n) is 5.79. The highest BCUT2D eigenvalue weighted by Crippen LogP contribution is 2.06. The highest BCUT2D eigenvalue weighted by molar-refractivity contribution is 6.13.